The third kappa shape index (κ3) is 4.09. The Morgan fingerprint density at radius 3 is 3.00 bits per heavy atom. The minimum atomic E-state index is -0.189. The second-order valence-electron chi connectivity index (χ2n) is 4.68. The third-order valence-corrected chi connectivity index (χ3v) is 3.23. The first-order valence-corrected chi connectivity index (χ1v) is 6.69. The summed E-state index contributed by atoms with van der Waals surface area (Å²) in [5, 5.41) is 2.73. The molecule has 21 heavy (non-hydrogen) atoms. The number of amides is 2. The zero-order valence-corrected chi connectivity index (χ0v) is 11.9. The van der Waals surface area contributed by atoms with E-state index in [0.717, 1.165) is 0 Å². The monoisotopic (exact) mass is 293 g/mol. The van der Waals surface area contributed by atoms with Gasteiger partial charge in [0, 0.05) is 25.6 Å². The molecule has 0 radical (unpaired) electrons. The molecule has 3 N–H and O–H groups in total. The highest BCUT2D eigenvalue weighted by atomic mass is 16.5. The number of anilines is 2. The zero-order valence-electron chi connectivity index (χ0n) is 11.9. The summed E-state index contributed by atoms with van der Waals surface area (Å²) >= 11 is 0. The van der Waals surface area contributed by atoms with Gasteiger partial charge in [-0.05, 0) is 12.1 Å². The lowest BCUT2D eigenvalue weighted by Crippen LogP contribution is -2.42. The van der Waals surface area contributed by atoms with E-state index in [4.69, 9.17) is 15.2 Å². The number of carbonyl (C=O) groups is 2. The van der Waals surface area contributed by atoms with Crippen LogP contribution in [0, 0.1) is 0 Å². The summed E-state index contributed by atoms with van der Waals surface area (Å²) in [6, 6.07) is 5.05. The molecule has 0 aliphatic carbocycles. The molecule has 2 amide bonds. The number of nitrogens with one attached hydrogen (secondary N) is 1. The van der Waals surface area contributed by atoms with Crippen LogP contribution in [-0.2, 0) is 14.3 Å². The summed E-state index contributed by atoms with van der Waals surface area (Å²) in [6.45, 7) is 1.51. The second kappa shape index (κ2) is 6.94. The number of nitrogen functional groups attached to an aromatic ring is 1. The standard InChI is InChI=1S/C14H19N3O4/c1-20-10-2-3-12(11(15)8-10)16-13(18)4-5-17-6-7-21-9-14(17)19/h2-3,8H,4-7,9,15H2,1H3,(H,16,18). The second-order valence-corrected chi connectivity index (χ2v) is 4.68. The fraction of sp³-hybridized carbons (Fsp3) is 0.429. The molecule has 1 heterocycles. The molecule has 114 valence electrons. The topological polar surface area (TPSA) is 93.9 Å². The van der Waals surface area contributed by atoms with Crippen molar-refractivity contribution in [2.75, 3.05) is 44.5 Å². The van der Waals surface area contributed by atoms with E-state index in [0.29, 0.717) is 36.8 Å². The molecule has 1 saturated heterocycles. The summed E-state index contributed by atoms with van der Waals surface area (Å²) < 4.78 is 10.1. The van der Waals surface area contributed by atoms with Gasteiger partial charge in [-0.25, -0.2) is 0 Å². The quantitative estimate of drug-likeness (QED) is 0.769. The first-order valence-electron chi connectivity index (χ1n) is 6.69. The van der Waals surface area contributed by atoms with Gasteiger partial charge in [-0.15, -0.1) is 0 Å². The van der Waals surface area contributed by atoms with Gasteiger partial charge in [-0.1, -0.05) is 0 Å². The number of hydrogen-bond donors (Lipinski definition) is 2. The molecule has 0 unspecified atom stereocenters. The minimum absolute atomic E-state index is 0.0852. The van der Waals surface area contributed by atoms with Gasteiger partial charge >= 0.3 is 0 Å². The van der Waals surface area contributed by atoms with Crippen LogP contribution in [0.1, 0.15) is 6.42 Å². The molecule has 0 aromatic heterocycles. The van der Waals surface area contributed by atoms with Crippen LogP contribution >= 0.6 is 0 Å². The van der Waals surface area contributed by atoms with Crippen molar-refractivity contribution in [2.45, 2.75) is 6.42 Å². The van der Waals surface area contributed by atoms with Crippen molar-refractivity contribution in [3.8, 4) is 5.75 Å². The number of hydrogen-bond acceptors (Lipinski definition) is 5. The molecule has 7 heteroatoms. The number of benzene rings is 1. The van der Waals surface area contributed by atoms with Crippen LogP contribution < -0.4 is 15.8 Å². The van der Waals surface area contributed by atoms with Crippen LogP contribution in [0.3, 0.4) is 0 Å². The highest BCUT2D eigenvalue weighted by molar-refractivity contribution is 5.94. The summed E-state index contributed by atoms with van der Waals surface area (Å²) in [6.07, 6.45) is 0.219. The van der Waals surface area contributed by atoms with E-state index < -0.39 is 0 Å². The van der Waals surface area contributed by atoms with Crippen LogP contribution in [-0.4, -0.2) is 50.1 Å². The van der Waals surface area contributed by atoms with E-state index in [2.05, 4.69) is 5.32 Å². The van der Waals surface area contributed by atoms with Crippen LogP contribution in [0.25, 0.3) is 0 Å². The maximum absolute atomic E-state index is 11.9. The van der Waals surface area contributed by atoms with Crippen molar-refractivity contribution < 1.29 is 19.1 Å². The van der Waals surface area contributed by atoms with Crippen LogP contribution in [0.5, 0.6) is 5.75 Å². The van der Waals surface area contributed by atoms with Gasteiger partial charge in [0.1, 0.15) is 12.4 Å². The predicted octanol–water partition coefficient (Wildman–Crippen LogP) is 0.465. The Morgan fingerprint density at radius 2 is 2.33 bits per heavy atom. The average Bonchev–Trinajstić information content (AvgIpc) is 2.48. The molecule has 0 atom stereocenters. The molecule has 1 aromatic rings. The van der Waals surface area contributed by atoms with Gasteiger partial charge in [0.15, 0.2) is 0 Å². The molecule has 7 nitrogen and oxygen atoms in total. The van der Waals surface area contributed by atoms with E-state index in [-0.39, 0.29) is 24.8 Å². The van der Waals surface area contributed by atoms with Crippen molar-refractivity contribution in [3.63, 3.8) is 0 Å². The number of carbonyl (C=O) groups excluding carboxylic acids is 2. The maximum atomic E-state index is 11.9. The largest absolute Gasteiger partial charge is 0.497 e. The number of ether oxygens (including phenoxy) is 2. The van der Waals surface area contributed by atoms with Crippen LogP contribution in [0.15, 0.2) is 18.2 Å². The lowest BCUT2D eigenvalue weighted by Gasteiger charge is -2.26. The highest BCUT2D eigenvalue weighted by Gasteiger charge is 2.19. The van der Waals surface area contributed by atoms with E-state index >= 15 is 0 Å². The smallest absolute Gasteiger partial charge is 0.248 e. The molecule has 1 fully saturated rings. The minimum Gasteiger partial charge on any atom is -0.497 e. The summed E-state index contributed by atoms with van der Waals surface area (Å²) in [5.74, 6) is 0.355. The molecule has 2 rings (SSSR count). The Labute approximate surface area is 123 Å². The van der Waals surface area contributed by atoms with Crippen molar-refractivity contribution in [1.29, 1.82) is 0 Å². The fourth-order valence-corrected chi connectivity index (χ4v) is 2.02. The fourth-order valence-electron chi connectivity index (χ4n) is 2.02. The Balaban J connectivity index is 1.85. The molecule has 1 aromatic carbocycles. The highest BCUT2D eigenvalue weighted by Crippen LogP contribution is 2.24. The van der Waals surface area contributed by atoms with E-state index in [1.165, 1.54) is 0 Å². The molecular weight excluding hydrogens is 274 g/mol. The number of nitrogens with zero attached hydrogens (tertiary/aromatic N) is 1. The van der Waals surface area contributed by atoms with Gasteiger partial charge in [0.2, 0.25) is 11.8 Å². The SMILES string of the molecule is COc1ccc(NC(=O)CCN2CCOCC2=O)c(N)c1. The van der Waals surface area contributed by atoms with Gasteiger partial charge in [0.05, 0.1) is 25.1 Å². The van der Waals surface area contributed by atoms with Gasteiger partial charge in [-0.3, -0.25) is 9.59 Å². The van der Waals surface area contributed by atoms with Crippen molar-refractivity contribution >= 4 is 23.2 Å². The van der Waals surface area contributed by atoms with Crippen LogP contribution in [0.4, 0.5) is 11.4 Å². The van der Waals surface area contributed by atoms with Crippen molar-refractivity contribution in [1.82, 2.24) is 4.90 Å². The predicted molar refractivity (Wildman–Crippen MR) is 78.1 cm³/mol. The van der Waals surface area contributed by atoms with Crippen molar-refractivity contribution in [3.05, 3.63) is 18.2 Å². The number of rotatable bonds is 5. The third-order valence-electron chi connectivity index (χ3n) is 3.23. The van der Waals surface area contributed by atoms with Crippen molar-refractivity contribution in [2.24, 2.45) is 0 Å². The van der Waals surface area contributed by atoms with E-state index in [9.17, 15) is 9.59 Å². The zero-order chi connectivity index (χ0) is 15.2. The lowest BCUT2D eigenvalue weighted by atomic mass is 10.2. The van der Waals surface area contributed by atoms with Gasteiger partial charge < -0.3 is 25.4 Å². The molecule has 0 spiro atoms. The summed E-state index contributed by atoms with van der Waals surface area (Å²) in [7, 11) is 1.55. The summed E-state index contributed by atoms with van der Waals surface area (Å²) in [4.78, 5) is 25.1. The van der Waals surface area contributed by atoms with Gasteiger partial charge in [-0.2, -0.15) is 0 Å². The van der Waals surface area contributed by atoms with Gasteiger partial charge in [0.25, 0.3) is 0 Å². The Hall–Kier alpha value is -2.28. The normalized spacial score (nSPS) is 14.9. The molecule has 0 bridgehead atoms. The lowest BCUT2D eigenvalue weighted by molar-refractivity contribution is -0.142. The molecule has 1 aliphatic heterocycles. The van der Waals surface area contributed by atoms with E-state index in [1.807, 2.05) is 0 Å². The Bertz CT molecular complexity index is 533. The average molecular weight is 293 g/mol. The number of nitrogens with two attached hydrogens (primary N) is 1. The molecule has 0 saturated carbocycles. The first-order chi connectivity index (χ1) is 10.1. The molecular formula is C14H19N3O4. The van der Waals surface area contributed by atoms with E-state index in [1.54, 1.807) is 30.2 Å². The molecule has 1 aliphatic rings. The first kappa shape index (κ1) is 15.1. The Kier molecular flexibility index (Phi) is 4.99. The maximum Gasteiger partial charge on any atom is 0.248 e. The Morgan fingerprint density at radius 1 is 1.52 bits per heavy atom. The number of morpholine rings is 1. The van der Waals surface area contributed by atoms with Crippen LogP contribution in [0.2, 0.25) is 0 Å². The summed E-state index contributed by atoms with van der Waals surface area (Å²) in [5.41, 5.74) is 6.80. The number of methoxy groups -OCH3 is 1.